The van der Waals surface area contributed by atoms with Crippen LogP contribution in [0.25, 0.3) is 0 Å². The van der Waals surface area contributed by atoms with Gasteiger partial charge >= 0.3 is 0 Å². The summed E-state index contributed by atoms with van der Waals surface area (Å²) in [5, 5.41) is 0. The van der Waals surface area contributed by atoms with Crippen molar-refractivity contribution >= 4 is 12.4 Å². The monoisotopic (exact) mass is 267 g/mol. The molecule has 0 fully saturated rings. The molecule has 2 N–H and O–H groups in total. The van der Waals surface area contributed by atoms with E-state index in [1.807, 2.05) is 0 Å². The molecule has 0 bridgehead atoms. The minimum atomic E-state index is 0. The minimum absolute atomic E-state index is 0. The molecule has 0 aromatic heterocycles. The number of aryl methyl sites for hydroxylation is 1. The summed E-state index contributed by atoms with van der Waals surface area (Å²) >= 11 is 0. The Hall–Kier alpha value is -0.530. The van der Waals surface area contributed by atoms with E-state index in [-0.39, 0.29) is 17.8 Å². The van der Waals surface area contributed by atoms with E-state index in [1.165, 1.54) is 31.2 Å². The van der Waals surface area contributed by atoms with E-state index in [9.17, 15) is 0 Å². The van der Waals surface area contributed by atoms with Gasteiger partial charge in [0, 0.05) is 11.5 Å². The van der Waals surface area contributed by atoms with E-state index in [0.29, 0.717) is 6.04 Å². The summed E-state index contributed by atoms with van der Waals surface area (Å²) in [5.41, 5.74) is 9.83. The van der Waals surface area contributed by atoms with E-state index in [0.717, 1.165) is 12.8 Å². The lowest BCUT2D eigenvalue weighted by Gasteiger charge is -2.44. The smallest absolute Gasteiger partial charge is 0.0140 e. The van der Waals surface area contributed by atoms with Gasteiger partial charge in [-0.05, 0) is 36.8 Å². The van der Waals surface area contributed by atoms with Gasteiger partial charge in [0.15, 0.2) is 0 Å². The molecule has 0 saturated heterocycles. The zero-order chi connectivity index (χ0) is 12.3. The van der Waals surface area contributed by atoms with Gasteiger partial charge in [-0.2, -0.15) is 0 Å². The largest absolute Gasteiger partial charge is 0.327 e. The van der Waals surface area contributed by atoms with Crippen molar-refractivity contribution in [3.8, 4) is 0 Å². The van der Waals surface area contributed by atoms with Crippen LogP contribution in [-0.2, 0) is 11.8 Å². The summed E-state index contributed by atoms with van der Waals surface area (Å²) in [5.74, 6) is 0. The molecule has 0 amide bonds. The second kappa shape index (κ2) is 6.58. The van der Waals surface area contributed by atoms with Gasteiger partial charge in [-0.1, -0.05) is 51.0 Å². The number of halogens is 1. The lowest BCUT2D eigenvalue weighted by molar-refractivity contribution is 0.261. The van der Waals surface area contributed by atoms with Crippen molar-refractivity contribution in [1.82, 2.24) is 0 Å². The first-order valence-electron chi connectivity index (χ1n) is 7.08. The molecule has 1 atom stereocenters. The van der Waals surface area contributed by atoms with Gasteiger partial charge in [0.2, 0.25) is 0 Å². The third-order valence-corrected chi connectivity index (χ3v) is 4.38. The maximum Gasteiger partial charge on any atom is 0.0140 e. The van der Waals surface area contributed by atoms with Gasteiger partial charge in [-0.25, -0.2) is 0 Å². The number of benzene rings is 1. The van der Waals surface area contributed by atoms with Crippen LogP contribution in [-0.4, -0.2) is 6.04 Å². The quantitative estimate of drug-likeness (QED) is 0.869. The SMILES string of the molecule is CCCC1(CCC)c2ccccc2CCC1N.Cl. The van der Waals surface area contributed by atoms with Crippen molar-refractivity contribution in [2.75, 3.05) is 0 Å². The van der Waals surface area contributed by atoms with Gasteiger partial charge < -0.3 is 5.73 Å². The molecule has 1 aliphatic rings. The van der Waals surface area contributed by atoms with Crippen molar-refractivity contribution in [2.45, 2.75) is 63.8 Å². The summed E-state index contributed by atoms with van der Waals surface area (Å²) in [7, 11) is 0. The van der Waals surface area contributed by atoms with Crippen LogP contribution in [0.4, 0.5) is 0 Å². The van der Waals surface area contributed by atoms with Crippen LogP contribution < -0.4 is 5.73 Å². The second-order valence-corrected chi connectivity index (χ2v) is 5.46. The first kappa shape index (κ1) is 15.5. The average molecular weight is 268 g/mol. The molecule has 0 aliphatic heterocycles. The highest BCUT2D eigenvalue weighted by Gasteiger charge is 2.40. The van der Waals surface area contributed by atoms with Crippen molar-refractivity contribution in [1.29, 1.82) is 0 Å². The van der Waals surface area contributed by atoms with Crippen LogP contribution in [0.1, 0.15) is 57.1 Å². The van der Waals surface area contributed by atoms with Crippen LogP contribution in [0.5, 0.6) is 0 Å². The number of nitrogens with two attached hydrogens (primary N) is 1. The Bertz CT molecular complexity index is 369. The third kappa shape index (κ3) is 2.57. The summed E-state index contributed by atoms with van der Waals surface area (Å²) in [6.45, 7) is 4.56. The maximum absolute atomic E-state index is 6.50. The minimum Gasteiger partial charge on any atom is -0.327 e. The van der Waals surface area contributed by atoms with Gasteiger partial charge in [-0.3, -0.25) is 0 Å². The molecule has 0 radical (unpaired) electrons. The van der Waals surface area contributed by atoms with Crippen LogP contribution in [0, 0.1) is 0 Å². The average Bonchev–Trinajstić information content (AvgIpc) is 2.35. The van der Waals surface area contributed by atoms with Gasteiger partial charge in [0.25, 0.3) is 0 Å². The number of rotatable bonds is 4. The number of hydrogen-bond acceptors (Lipinski definition) is 1. The molecule has 18 heavy (non-hydrogen) atoms. The summed E-state index contributed by atoms with van der Waals surface area (Å²) in [6, 6.07) is 9.30. The summed E-state index contributed by atoms with van der Waals surface area (Å²) < 4.78 is 0. The van der Waals surface area contributed by atoms with E-state index >= 15 is 0 Å². The Morgan fingerprint density at radius 2 is 1.78 bits per heavy atom. The number of hydrogen-bond donors (Lipinski definition) is 1. The summed E-state index contributed by atoms with van der Waals surface area (Å²) in [4.78, 5) is 0. The molecule has 1 nitrogen and oxygen atoms in total. The van der Waals surface area contributed by atoms with E-state index in [4.69, 9.17) is 5.73 Å². The Labute approximate surface area is 118 Å². The predicted molar refractivity (Wildman–Crippen MR) is 81.5 cm³/mol. The van der Waals surface area contributed by atoms with Crippen LogP contribution in [0.15, 0.2) is 24.3 Å². The Kier molecular flexibility index (Phi) is 5.68. The fraction of sp³-hybridized carbons (Fsp3) is 0.625. The molecule has 2 rings (SSSR count). The Morgan fingerprint density at radius 3 is 2.39 bits per heavy atom. The molecule has 0 saturated carbocycles. The molecule has 1 aromatic rings. The maximum atomic E-state index is 6.50. The van der Waals surface area contributed by atoms with Crippen LogP contribution in [0.2, 0.25) is 0 Å². The fourth-order valence-electron chi connectivity index (χ4n) is 3.67. The van der Waals surface area contributed by atoms with Crippen molar-refractivity contribution in [2.24, 2.45) is 5.73 Å². The van der Waals surface area contributed by atoms with Crippen molar-refractivity contribution in [3.63, 3.8) is 0 Å². The molecule has 1 aromatic carbocycles. The highest BCUT2D eigenvalue weighted by molar-refractivity contribution is 5.85. The Morgan fingerprint density at radius 1 is 1.17 bits per heavy atom. The lowest BCUT2D eigenvalue weighted by atomic mass is 9.62. The van der Waals surface area contributed by atoms with Crippen molar-refractivity contribution in [3.05, 3.63) is 35.4 Å². The molecule has 2 heteroatoms. The van der Waals surface area contributed by atoms with E-state index < -0.39 is 0 Å². The van der Waals surface area contributed by atoms with E-state index in [2.05, 4.69) is 38.1 Å². The molecule has 0 spiro atoms. The molecule has 1 unspecified atom stereocenters. The van der Waals surface area contributed by atoms with Gasteiger partial charge in [-0.15, -0.1) is 12.4 Å². The lowest BCUT2D eigenvalue weighted by Crippen LogP contribution is -2.48. The molecule has 102 valence electrons. The summed E-state index contributed by atoms with van der Waals surface area (Å²) in [6.07, 6.45) is 7.23. The fourth-order valence-corrected chi connectivity index (χ4v) is 3.67. The molecular weight excluding hydrogens is 242 g/mol. The highest BCUT2D eigenvalue weighted by Crippen LogP contribution is 2.43. The van der Waals surface area contributed by atoms with Crippen LogP contribution >= 0.6 is 12.4 Å². The Balaban J connectivity index is 0.00000162. The van der Waals surface area contributed by atoms with E-state index in [1.54, 1.807) is 5.56 Å². The third-order valence-electron chi connectivity index (χ3n) is 4.38. The van der Waals surface area contributed by atoms with Gasteiger partial charge in [0.1, 0.15) is 0 Å². The zero-order valence-corrected chi connectivity index (χ0v) is 12.4. The second-order valence-electron chi connectivity index (χ2n) is 5.46. The number of fused-ring (bicyclic) bond motifs is 1. The van der Waals surface area contributed by atoms with Gasteiger partial charge in [0.05, 0.1) is 0 Å². The van der Waals surface area contributed by atoms with Crippen LogP contribution in [0.3, 0.4) is 0 Å². The predicted octanol–water partition coefficient (Wildman–Crippen LogP) is 4.22. The van der Waals surface area contributed by atoms with Crippen molar-refractivity contribution < 1.29 is 0 Å². The molecule has 1 aliphatic carbocycles. The molecule has 0 heterocycles. The highest BCUT2D eigenvalue weighted by atomic mass is 35.5. The first-order valence-corrected chi connectivity index (χ1v) is 7.08. The topological polar surface area (TPSA) is 26.0 Å². The zero-order valence-electron chi connectivity index (χ0n) is 11.6. The standard InChI is InChI=1S/C16H25N.ClH/c1-3-11-16(12-4-2)14-8-6-5-7-13(14)9-10-15(16)17;/h5-8,15H,3-4,9-12,17H2,1-2H3;1H. The normalized spacial score (nSPS) is 20.9. The first-order chi connectivity index (χ1) is 8.24. The molecular formula is C16H26ClN.